The number of aliphatic hydroxyl groups excluding tert-OH is 1. The van der Waals surface area contributed by atoms with Crippen LogP contribution in [0.5, 0.6) is 11.5 Å². The van der Waals surface area contributed by atoms with Crippen LogP contribution in [0.4, 0.5) is 0 Å². The highest BCUT2D eigenvalue weighted by molar-refractivity contribution is 6.46. The number of benzene rings is 3. The van der Waals surface area contributed by atoms with Gasteiger partial charge in [-0.05, 0) is 74.7 Å². The molecule has 1 heterocycles. The highest BCUT2D eigenvalue weighted by atomic mass is 16.5. The van der Waals surface area contributed by atoms with Gasteiger partial charge in [0.25, 0.3) is 11.7 Å². The van der Waals surface area contributed by atoms with Gasteiger partial charge in [0.05, 0.1) is 24.3 Å². The van der Waals surface area contributed by atoms with Gasteiger partial charge in [-0.1, -0.05) is 42.5 Å². The molecule has 0 bridgehead atoms. The molecule has 1 aliphatic rings. The van der Waals surface area contributed by atoms with Crippen LogP contribution in [0.1, 0.15) is 49.1 Å². The molecule has 6 heteroatoms. The highest BCUT2D eigenvalue weighted by Gasteiger charge is 2.46. The molecule has 1 aliphatic heterocycles. The van der Waals surface area contributed by atoms with Gasteiger partial charge >= 0.3 is 0 Å². The third kappa shape index (κ3) is 5.13. The molecule has 1 amide bonds. The summed E-state index contributed by atoms with van der Waals surface area (Å²) in [6.45, 7) is 8.46. The Morgan fingerprint density at radius 1 is 1.00 bits per heavy atom. The first-order chi connectivity index (χ1) is 17.3. The average Bonchev–Trinajstić information content (AvgIpc) is 3.11. The number of carbonyl (C=O) groups is 2. The standard InChI is InChI=1S/C30H31NO5/c1-5-35-24-14-11-21(12-15-24)18-31-27(22-9-7-6-8-10-22)26(29(33)30(31)34)28(32)23-13-16-25(20(4)17-23)36-19(2)3/h6-17,19,27,32H,5,18H2,1-4H3/b28-26-. The lowest BCUT2D eigenvalue weighted by molar-refractivity contribution is -0.140. The molecular weight excluding hydrogens is 454 g/mol. The Hall–Kier alpha value is -4.06. The summed E-state index contributed by atoms with van der Waals surface area (Å²) in [7, 11) is 0. The first-order valence-corrected chi connectivity index (χ1v) is 12.1. The molecule has 6 nitrogen and oxygen atoms in total. The Morgan fingerprint density at radius 3 is 2.31 bits per heavy atom. The van der Waals surface area contributed by atoms with Crippen molar-refractivity contribution in [2.75, 3.05) is 6.61 Å². The van der Waals surface area contributed by atoms with E-state index >= 15 is 0 Å². The summed E-state index contributed by atoms with van der Waals surface area (Å²) < 4.78 is 11.3. The number of likely N-dealkylation sites (tertiary alicyclic amines) is 1. The van der Waals surface area contributed by atoms with E-state index in [1.165, 1.54) is 4.90 Å². The van der Waals surface area contributed by atoms with Crippen LogP contribution in [0.15, 0.2) is 78.4 Å². The zero-order chi connectivity index (χ0) is 25.8. The number of ether oxygens (including phenoxy) is 2. The number of nitrogens with zero attached hydrogens (tertiary/aromatic N) is 1. The number of Topliss-reactive ketones (excluding diaryl/α,β-unsaturated/α-hetero) is 1. The number of carbonyl (C=O) groups excluding carboxylic acids is 2. The minimum Gasteiger partial charge on any atom is -0.507 e. The molecule has 3 aromatic carbocycles. The summed E-state index contributed by atoms with van der Waals surface area (Å²) in [5.74, 6) is -0.0981. The van der Waals surface area contributed by atoms with Crippen molar-refractivity contribution in [1.82, 2.24) is 4.90 Å². The van der Waals surface area contributed by atoms with Crippen LogP contribution < -0.4 is 9.47 Å². The van der Waals surface area contributed by atoms with E-state index in [1.54, 1.807) is 18.2 Å². The van der Waals surface area contributed by atoms with Crippen LogP contribution in [-0.4, -0.2) is 34.4 Å². The first-order valence-electron chi connectivity index (χ1n) is 12.1. The van der Waals surface area contributed by atoms with Crippen molar-refractivity contribution < 1.29 is 24.2 Å². The van der Waals surface area contributed by atoms with Crippen molar-refractivity contribution in [1.29, 1.82) is 0 Å². The number of amides is 1. The molecule has 0 aliphatic carbocycles. The molecule has 1 N–H and O–H groups in total. The summed E-state index contributed by atoms with van der Waals surface area (Å²) in [6, 6.07) is 21.3. The second-order valence-corrected chi connectivity index (χ2v) is 9.06. The zero-order valence-electron chi connectivity index (χ0n) is 21.0. The van der Waals surface area contributed by atoms with E-state index in [2.05, 4.69) is 0 Å². The van der Waals surface area contributed by atoms with E-state index in [0.717, 1.165) is 22.4 Å². The molecule has 0 spiro atoms. The minimum atomic E-state index is -0.718. The SMILES string of the molecule is CCOc1ccc(CN2C(=O)C(=O)/C(=C(\O)c3ccc(OC(C)C)c(C)c3)C2c2ccccc2)cc1. The van der Waals surface area contributed by atoms with E-state index in [9.17, 15) is 14.7 Å². The summed E-state index contributed by atoms with van der Waals surface area (Å²) in [5, 5.41) is 11.3. The van der Waals surface area contributed by atoms with Crippen LogP contribution in [0.3, 0.4) is 0 Å². The first kappa shape index (κ1) is 25.0. The van der Waals surface area contributed by atoms with E-state index in [-0.39, 0.29) is 24.0 Å². The summed E-state index contributed by atoms with van der Waals surface area (Å²) in [6.07, 6.45) is 0.00847. The summed E-state index contributed by atoms with van der Waals surface area (Å²) in [5.41, 5.74) is 2.97. The van der Waals surface area contributed by atoms with Crippen molar-refractivity contribution in [3.8, 4) is 11.5 Å². The van der Waals surface area contributed by atoms with Gasteiger partial charge in [0.1, 0.15) is 17.3 Å². The zero-order valence-corrected chi connectivity index (χ0v) is 21.0. The van der Waals surface area contributed by atoms with E-state index < -0.39 is 17.7 Å². The van der Waals surface area contributed by atoms with Crippen LogP contribution in [-0.2, 0) is 16.1 Å². The number of hydrogen-bond donors (Lipinski definition) is 1. The second-order valence-electron chi connectivity index (χ2n) is 9.06. The Bertz CT molecular complexity index is 1280. The van der Waals surface area contributed by atoms with Crippen LogP contribution >= 0.6 is 0 Å². The van der Waals surface area contributed by atoms with E-state index in [4.69, 9.17) is 9.47 Å². The fourth-order valence-corrected chi connectivity index (χ4v) is 4.42. The predicted octanol–water partition coefficient (Wildman–Crippen LogP) is 5.80. The third-order valence-corrected chi connectivity index (χ3v) is 6.05. The van der Waals surface area contributed by atoms with Gasteiger partial charge in [-0.3, -0.25) is 9.59 Å². The van der Waals surface area contributed by atoms with Crippen LogP contribution in [0.2, 0.25) is 0 Å². The molecule has 1 atom stereocenters. The van der Waals surface area contributed by atoms with Gasteiger partial charge in [0, 0.05) is 12.1 Å². The largest absolute Gasteiger partial charge is 0.507 e. The van der Waals surface area contributed by atoms with Crippen molar-refractivity contribution in [2.24, 2.45) is 0 Å². The number of ketones is 1. The molecule has 1 fully saturated rings. The summed E-state index contributed by atoms with van der Waals surface area (Å²) >= 11 is 0. The van der Waals surface area contributed by atoms with Gasteiger partial charge in [0.15, 0.2) is 0 Å². The predicted molar refractivity (Wildman–Crippen MR) is 139 cm³/mol. The number of rotatable bonds is 8. The van der Waals surface area contributed by atoms with Crippen molar-refractivity contribution in [3.05, 3.63) is 101 Å². The van der Waals surface area contributed by atoms with Gasteiger partial charge in [-0.25, -0.2) is 0 Å². The lowest BCUT2D eigenvalue weighted by Gasteiger charge is -2.25. The van der Waals surface area contributed by atoms with Gasteiger partial charge in [0.2, 0.25) is 0 Å². The maximum atomic E-state index is 13.3. The van der Waals surface area contributed by atoms with Gasteiger partial charge < -0.3 is 19.5 Å². The molecule has 1 saturated heterocycles. The number of aryl methyl sites for hydroxylation is 1. The topological polar surface area (TPSA) is 76.1 Å². The minimum absolute atomic E-state index is 0.00847. The third-order valence-electron chi connectivity index (χ3n) is 6.05. The summed E-state index contributed by atoms with van der Waals surface area (Å²) in [4.78, 5) is 28.0. The average molecular weight is 486 g/mol. The Balaban J connectivity index is 1.76. The van der Waals surface area contributed by atoms with Crippen molar-refractivity contribution >= 4 is 17.4 Å². The molecular formula is C30H31NO5. The highest BCUT2D eigenvalue weighted by Crippen LogP contribution is 2.40. The maximum Gasteiger partial charge on any atom is 0.295 e. The van der Waals surface area contributed by atoms with E-state index in [1.807, 2.05) is 82.3 Å². The quantitative estimate of drug-likeness (QED) is 0.248. The smallest absolute Gasteiger partial charge is 0.295 e. The Labute approximate surface area is 211 Å². The molecule has 0 saturated carbocycles. The molecule has 36 heavy (non-hydrogen) atoms. The van der Waals surface area contributed by atoms with Crippen LogP contribution in [0, 0.1) is 6.92 Å². The fourth-order valence-electron chi connectivity index (χ4n) is 4.42. The Morgan fingerprint density at radius 2 is 1.69 bits per heavy atom. The lowest BCUT2D eigenvalue weighted by Crippen LogP contribution is -2.29. The van der Waals surface area contributed by atoms with Crippen molar-refractivity contribution in [3.63, 3.8) is 0 Å². The van der Waals surface area contributed by atoms with E-state index in [0.29, 0.717) is 17.9 Å². The maximum absolute atomic E-state index is 13.3. The second kappa shape index (κ2) is 10.7. The fraction of sp³-hybridized carbons (Fsp3) is 0.267. The van der Waals surface area contributed by atoms with Crippen molar-refractivity contribution in [2.45, 2.75) is 46.4 Å². The number of hydrogen-bond acceptors (Lipinski definition) is 5. The molecule has 0 radical (unpaired) electrons. The molecule has 186 valence electrons. The molecule has 4 rings (SSSR count). The molecule has 1 unspecified atom stereocenters. The lowest BCUT2D eigenvalue weighted by atomic mass is 9.94. The number of aliphatic hydroxyl groups is 1. The normalized spacial score (nSPS) is 17.0. The Kier molecular flexibility index (Phi) is 7.44. The van der Waals surface area contributed by atoms with Crippen LogP contribution in [0.25, 0.3) is 5.76 Å². The monoisotopic (exact) mass is 485 g/mol. The molecule has 3 aromatic rings. The molecule has 0 aromatic heterocycles. The van der Waals surface area contributed by atoms with Gasteiger partial charge in [-0.15, -0.1) is 0 Å². The van der Waals surface area contributed by atoms with Gasteiger partial charge in [-0.2, -0.15) is 0 Å².